The molecular formula is C12H16O3S. The molecule has 3 nitrogen and oxygen atoms in total. The van der Waals surface area contributed by atoms with Gasteiger partial charge in [0, 0.05) is 5.75 Å². The maximum Gasteiger partial charge on any atom is 0.161 e. The summed E-state index contributed by atoms with van der Waals surface area (Å²) >= 11 is 1.84. The van der Waals surface area contributed by atoms with Crippen LogP contribution in [-0.2, 0) is 5.75 Å². The van der Waals surface area contributed by atoms with Gasteiger partial charge >= 0.3 is 0 Å². The molecule has 1 unspecified atom stereocenters. The molecule has 0 radical (unpaired) electrons. The molecule has 0 fully saturated rings. The molecule has 0 aliphatic carbocycles. The van der Waals surface area contributed by atoms with Gasteiger partial charge in [0.05, 0.1) is 20.3 Å². The lowest BCUT2D eigenvalue weighted by atomic mass is 10.0. The first-order valence-corrected chi connectivity index (χ1v) is 6.42. The Hall–Kier alpha value is -0.870. The normalized spacial score (nSPS) is 19.8. The minimum atomic E-state index is -0.384. The van der Waals surface area contributed by atoms with Crippen molar-refractivity contribution < 1.29 is 14.6 Å². The number of hydrogen-bond donors (Lipinski definition) is 1. The highest BCUT2D eigenvalue weighted by Crippen LogP contribution is 2.38. The predicted octanol–water partition coefficient (Wildman–Crippen LogP) is 2.37. The van der Waals surface area contributed by atoms with Crippen LogP contribution in [-0.4, -0.2) is 25.1 Å². The Morgan fingerprint density at radius 3 is 2.62 bits per heavy atom. The van der Waals surface area contributed by atoms with Crippen LogP contribution in [0.4, 0.5) is 0 Å². The van der Waals surface area contributed by atoms with Gasteiger partial charge in [-0.15, -0.1) is 0 Å². The van der Waals surface area contributed by atoms with E-state index in [9.17, 15) is 5.11 Å². The summed E-state index contributed by atoms with van der Waals surface area (Å²) in [6.45, 7) is 0. The number of methoxy groups -OCH3 is 2. The van der Waals surface area contributed by atoms with Crippen LogP contribution in [0.1, 0.15) is 23.7 Å². The first-order valence-electron chi connectivity index (χ1n) is 5.27. The molecular weight excluding hydrogens is 224 g/mol. The third kappa shape index (κ3) is 2.13. The Morgan fingerprint density at radius 1 is 1.25 bits per heavy atom. The summed E-state index contributed by atoms with van der Waals surface area (Å²) in [6.07, 6.45) is 0.414. The van der Waals surface area contributed by atoms with E-state index in [1.165, 1.54) is 0 Å². The maximum absolute atomic E-state index is 10.0. The highest BCUT2D eigenvalue weighted by atomic mass is 32.2. The average Bonchev–Trinajstić information content (AvgIpc) is 2.49. The molecule has 0 saturated heterocycles. The summed E-state index contributed by atoms with van der Waals surface area (Å²) < 4.78 is 10.5. The van der Waals surface area contributed by atoms with Gasteiger partial charge in [-0.25, -0.2) is 0 Å². The fourth-order valence-corrected chi connectivity index (χ4v) is 2.91. The lowest BCUT2D eigenvalue weighted by Gasteiger charge is -2.15. The first kappa shape index (κ1) is 11.6. The molecule has 1 aromatic rings. The van der Waals surface area contributed by atoms with Crippen LogP contribution in [0.25, 0.3) is 0 Å². The molecule has 1 N–H and O–H groups in total. The first-order chi connectivity index (χ1) is 7.76. The molecule has 16 heavy (non-hydrogen) atoms. The van der Waals surface area contributed by atoms with Crippen LogP contribution >= 0.6 is 11.8 Å². The number of ether oxygens (including phenoxy) is 2. The van der Waals surface area contributed by atoms with E-state index in [1.807, 2.05) is 23.9 Å². The van der Waals surface area contributed by atoms with Gasteiger partial charge in [0.25, 0.3) is 0 Å². The van der Waals surface area contributed by atoms with E-state index in [2.05, 4.69) is 0 Å². The van der Waals surface area contributed by atoms with Gasteiger partial charge in [0.2, 0.25) is 0 Å². The van der Waals surface area contributed by atoms with Crippen molar-refractivity contribution in [1.82, 2.24) is 0 Å². The number of aliphatic hydroxyl groups is 1. The topological polar surface area (TPSA) is 38.7 Å². The van der Waals surface area contributed by atoms with Gasteiger partial charge in [0.15, 0.2) is 11.5 Å². The van der Waals surface area contributed by atoms with Crippen molar-refractivity contribution in [3.8, 4) is 11.5 Å². The zero-order chi connectivity index (χ0) is 11.5. The lowest BCUT2D eigenvalue weighted by molar-refractivity contribution is 0.174. The molecule has 0 bridgehead atoms. The van der Waals surface area contributed by atoms with Crippen molar-refractivity contribution >= 4 is 11.8 Å². The summed E-state index contributed by atoms with van der Waals surface area (Å²) in [7, 11) is 3.24. The van der Waals surface area contributed by atoms with Crippen molar-refractivity contribution in [3.05, 3.63) is 23.3 Å². The lowest BCUT2D eigenvalue weighted by Crippen LogP contribution is -2.01. The van der Waals surface area contributed by atoms with Gasteiger partial charge in [-0.05, 0) is 35.4 Å². The minimum absolute atomic E-state index is 0.384. The highest BCUT2D eigenvalue weighted by molar-refractivity contribution is 7.98. The summed E-state index contributed by atoms with van der Waals surface area (Å²) in [6, 6.07) is 3.86. The van der Waals surface area contributed by atoms with Crippen LogP contribution in [0.3, 0.4) is 0 Å². The minimum Gasteiger partial charge on any atom is -0.493 e. The standard InChI is InChI=1S/C12H16O3S/c1-14-11-5-8-7-16-4-3-10(13)9(8)6-12(11)15-2/h5-6,10,13H,3-4,7H2,1-2H3. The predicted molar refractivity (Wildman–Crippen MR) is 65.3 cm³/mol. The zero-order valence-electron chi connectivity index (χ0n) is 9.53. The molecule has 2 rings (SSSR count). The third-order valence-electron chi connectivity index (χ3n) is 2.80. The van der Waals surface area contributed by atoms with Crippen molar-refractivity contribution in [1.29, 1.82) is 0 Å². The van der Waals surface area contributed by atoms with Gasteiger partial charge in [-0.1, -0.05) is 0 Å². The maximum atomic E-state index is 10.0. The van der Waals surface area contributed by atoms with Gasteiger partial charge in [-0.2, -0.15) is 11.8 Å². The number of fused-ring (bicyclic) bond motifs is 1. The van der Waals surface area contributed by atoms with E-state index in [-0.39, 0.29) is 6.10 Å². The largest absolute Gasteiger partial charge is 0.493 e. The summed E-state index contributed by atoms with van der Waals surface area (Å²) in [5, 5.41) is 10.0. The Bertz CT molecular complexity index is 379. The SMILES string of the molecule is COc1cc2c(cc1OC)C(O)CCSC2. The van der Waals surface area contributed by atoms with Gasteiger partial charge in [0.1, 0.15) is 0 Å². The fraction of sp³-hybridized carbons (Fsp3) is 0.500. The van der Waals surface area contributed by atoms with E-state index in [4.69, 9.17) is 9.47 Å². The number of hydrogen-bond acceptors (Lipinski definition) is 4. The molecule has 0 saturated carbocycles. The average molecular weight is 240 g/mol. The molecule has 4 heteroatoms. The monoisotopic (exact) mass is 240 g/mol. The molecule has 0 aromatic heterocycles. The Kier molecular flexibility index (Phi) is 3.61. The van der Waals surface area contributed by atoms with Gasteiger partial charge < -0.3 is 14.6 Å². The molecule has 1 aliphatic rings. The Balaban J connectivity index is 2.47. The van der Waals surface area contributed by atoms with E-state index >= 15 is 0 Å². The second kappa shape index (κ2) is 4.97. The Labute approximate surface area is 99.8 Å². The van der Waals surface area contributed by atoms with Crippen LogP contribution in [0.15, 0.2) is 12.1 Å². The van der Waals surface area contributed by atoms with Crippen LogP contribution in [0, 0.1) is 0 Å². The highest BCUT2D eigenvalue weighted by Gasteiger charge is 2.19. The molecule has 1 aromatic carbocycles. The van der Waals surface area contributed by atoms with Crippen molar-refractivity contribution in [2.45, 2.75) is 18.3 Å². The molecule has 1 aliphatic heterocycles. The molecule has 1 heterocycles. The van der Waals surface area contributed by atoms with E-state index in [0.29, 0.717) is 5.75 Å². The van der Waals surface area contributed by atoms with Crippen LogP contribution in [0.5, 0.6) is 11.5 Å². The van der Waals surface area contributed by atoms with E-state index < -0.39 is 0 Å². The molecule has 88 valence electrons. The van der Waals surface area contributed by atoms with Crippen LogP contribution in [0.2, 0.25) is 0 Å². The number of rotatable bonds is 2. The Morgan fingerprint density at radius 2 is 1.94 bits per heavy atom. The third-order valence-corrected chi connectivity index (χ3v) is 3.84. The molecule has 0 spiro atoms. The summed E-state index contributed by atoms with van der Waals surface area (Å²) in [4.78, 5) is 0. The second-order valence-corrected chi connectivity index (χ2v) is 4.87. The number of aliphatic hydroxyl groups excluding tert-OH is 1. The fourth-order valence-electron chi connectivity index (χ4n) is 1.90. The zero-order valence-corrected chi connectivity index (χ0v) is 10.3. The quantitative estimate of drug-likeness (QED) is 0.861. The summed E-state index contributed by atoms with van der Waals surface area (Å²) in [5.74, 6) is 3.33. The van der Waals surface area contributed by atoms with Crippen molar-refractivity contribution in [3.63, 3.8) is 0 Å². The van der Waals surface area contributed by atoms with Crippen molar-refractivity contribution in [2.24, 2.45) is 0 Å². The number of benzene rings is 1. The van der Waals surface area contributed by atoms with E-state index in [1.54, 1.807) is 14.2 Å². The van der Waals surface area contributed by atoms with Crippen molar-refractivity contribution in [2.75, 3.05) is 20.0 Å². The van der Waals surface area contributed by atoms with Gasteiger partial charge in [-0.3, -0.25) is 0 Å². The molecule has 0 amide bonds. The second-order valence-electron chi connectivity index (χ2n) is 3.76. The van der Waals surface area contributed by atoms with Crippen LogP contribution < -0.4 is 9.47 Å². The summed E-state index contributed by atoms with van der Waals surface area (Å²) in [5.41, 5.74) is 2.12. The van der Waals surface area contributed by atoms with E-state index in [0.717, 1.165) is 34.8 Å². The smallest absolute Gasteiger partial charge is 0.161 e. The number of thioether (sulfide) groups is 1. The molecule has 1 atom stereocenters.